The number of hydrogen-bond donors (Lipinski definition) is 1. The van der Waals surface area contributed by atoms with Gasteiger partial charge in [-0.2, -0.15) is 0 Å². The predicted molar refractivity (Wildman–Crippen MR) is 112 cm³/mol. The zero-order valence-corrected chi connectivity index (χ0v) is 17.5. The van der Waals surface area contributed by atoms with Crippen molar-refractivity contribution in [3.63, 3.8) is 0 Å². The molecule has 1 aromatic heterocycles. The number of nitrogens with zero attached hydrogens (tertiary/aromatic N) is 1. The van der Waals surface area contributed by atoms with E-state index in [9.17, 15) is 13.6 Å². The summed E-state index contributed by atoms with van der Waals surface area (Å²) in [7, 11) is 0. The molecule has 0 unspecified atom stereocenters. The van der Waals surface area contributed by atoms with E-state index in [4.69, 9.17) is 4.74 Å². The number of ether oxygens (including phenoxy) is 1. The van der Waals surface area contributed by atoms with Crippen LogP contribution in [0.3, 0.4) is 0 Å². The topological polar surface area (TPSA) is 51.2 Å². The summed E-state index contributed by atoms with van der Waals surface area (Å²) < 4.78 is 33.9. The van der Waals surface area contributed by atoms with E-state index < -0.39 is 23.1 Å². The van der Waals surface area contributed by atoms with Crippen LogP contribution in [0.1, 0.15) is 29.8 Å². The Labute approximate surface area is 176 Å². The molecule has 29 heavy (non-hydrogen) atoms. The molecule has 2 heterocycles. The number of carbonyl (C=O) groups excluding carboxylic acids is 1. The van der Waals surface area contributed by atoms with Crippen molar-refractivity contribution in [2.45, 2.75) is 20.3 Å². The lowest BCUT2D eigenvalue weighted by Crippen LogP contribution is -2.16. The molecule has 0 radical (unpaired) electrons. The molecule has 4 rings (SSSR count). The molecule has 0 atom stereocenters. The van der Waals surface area contributed by atoms with E-state index in [1.54, 1.807) is 12.1 Å². The van der Waals surface area contributed by atoms with Gasteiger partial charge in [0.05, 0.1) is 19.0 Å². The van der Waals surface area contributed by atoms with E-state index >= 15 is 0 Å². The Balaban J connectivity index is 0.00000117. The highest BCUT2D eigenvalue weighted by Gasteiger charge is 2.18. The van der Waals surface area contributed by atoms with E-state index in [0.29, 0.717) is 12.3 Å². The third kappa shape index (κ3) is 4.45. The monoisotopic (exact) mass is 460 g/mol. The van der Waals surface area contributed by atoms with Crippen LogP contribution in [-0.4, -0.2) is 17.5 Å². The molecule has 3 aromatic rings. The highest BCUT2D eigenvalue weighted by Crippen LogP contribution is 2.37. The lowest BCUT2D eigenvalue weighted by Gasteiger charge is -2.10. The van der Waals surface area contributed by atoms with Crippen molar-refractivity contribution in [3.05, 3.63) is 76.0 Å². The van der Waals surface area contributed by atoms with Gasteiger partial charge in [-0.05, 0) is 41.0 Å². The third-order valence-corrected chi connectivity index (χ3v) is 4.97. The number of nitrogens with one attached hydrogen (secondary N) is 1. The van der Waals surface area contributed by atoms with Gasteiger partial charge in [-0.25, -0.2) is 8.78 Å². The molecule has 1 amide bonds. The molecular formula is C22H19BrF2N2O2. The highest BCUT2D eigenvalue weighted by molar-refractivity contribution is 9.10. The Kier molecular flexibility index (Phi) is 6.59. The molecule has 0 saturated heterocycles. The van der Waals surface area contributed by atoms with Gasteiger partial charge in [0.15, 0.2) is 11.6 Å². The lowest BCUT2D eigenvalue weighted by molar-refractivity contribution is 0.101. The van der Waals surface area contributed by atoms with Gasteiger partial charge in [-0.1, -0.05) is 41.9 Å². The number of pyridine rings is 1. The van der Waals surface area contributed by atoms with Crippen LogP contribution < -0.4 is 10.1 Å². The molecule has 4 nitrogen and oxygen atoms in total. The van der Waals surface area contributed by atoms with Crippen LogP contribution in [0, 0.1) is 11.6 Å². The number of hydrogen-bond acceptors (Lipinski definition) is 3. The minimum atomic E-state index is -1.01. The molecular weight excluding hydrogens is 442 g/mol. The zero-order valence-electron chi connectivity index (χ0n) is 15.9. The van der Waals surface area contributed by atoms with Gasteiger partial charge < -0.3 is 10.1 Å². The average Bonchev–Trinajstić information content (AvgIpc) is 3.16. The maximum absolute atomic E-state index is 13.7. The smallest absolute Gasteiger partial charge is 0.261 e. The maximum Gasteiger partial charge on any atom is 0.261 e. The fourth-order valence-corrected chi connectivity index (χ4v) is 3.59. The van der Waals surface area contributed by atoms with Gasteiger partial charge >= 0.3 is 0 Å². The SMILES string of the molecule is CC.O=C(Nc1ccc(-c2cc3c(cc2Br)CCO3)cc1)c1c(F)cncc1F. The molecule has 7 heteroatoms. The lowest BCUT2D eigenvalue weighted by atomic mass is 10.0. The number of amides is 1. The summed E-state index contributed by atoms with van der Waals surface area (Å²) in [5.41, 5.74) is 2.80. The fourth-order valence-electron chi connectivity index (χ4n) is 2.97. The quantitative estimate of drug-likeness (QED) is 0.521. The average molecular weight is 461 g/mol. The first kappa shape index (κ1) is 20.9. The molecule has 0 saturated carbocycles. The molecule has 1 aliphatic rings. The Morgan fingerprint density at radius 1 is 1.10 bits per heavy atom. The van der Waals surface area contributed by atoms with E-state index in [0.717, 1.165) is 45.7 Å². The summed E-state index contributed by atoms with van der Waals surface area (Å²) in [6.45, 7) is 4.68. The first-order valence-corrected chi connectivity index (χ1v) is 9.98. The van der Waals surface area contributed by atoms with E-state index in [1.165, 1.54) is 0 Å². The van der Waals surface area contributed by atoms with Crippen LogP contribution in [-0.2, 0) is 6.42 Å². The second-order valence-electron chi connectivity index (χ2n) is 6.05. The van der Waals surface area contributed by atoms with Gasteiger partial charge in [0.1, 0.15) is 11.3 Å². The molecule has 150 valence electrons. The van der Waals surface area contributed by atoms with Gasteiger partial charge in [-0.15, -0.1) is 0 Å². The summed E-state index contributed by atoms with van der Waals surface area (Å²) in [6, 6.07) is 11.0. The second kappa shape index (κ2) is 9.13. The number of anilines is 1. The van der Waals surface area contributed by atoms with Crippen molar-refractivity contribution >= 4 is 27.5 Å². The van der Waals surface area contributed by atoms with Gasteiger partial charge in [-0.3, -0.25) is 9.78 Å². The minimum Gasteiger partial charge on any atom is -0.493 e. The zero-order chi connectivity index (χ0) is 21.0. The summed E-state index contributed by atoms with van der Waals surface area (Å²) >= 11 is 3.58. The molecule has 0 aliphatic carbocycles. The summed E-state index contributed by atoms with van der Waals surface area (Å²) in [5, 5.41) is 2.49. The second-order valence-corrected chi connectivity index (χ2v) is 6.90. The van der Waals surface area contributed by atoms with Crippen molar-refractivity contribution in [3.8, 4) is 16.9 Å². The van der Waals surface area contributed by atoms with Crippen molar-refractivity contribution < 1.29 is 18.3 Å². The number of fused-ring (bicyclic) bond motifs is 1. The van der Waals surface area contributed by atoms with Crippen LogP contribution in [0.4, 0.5) is 14.5 Å². The maximum atomic E-state index is 13.7. The van der Waals surface area contributed by atoms with Crippen molar-refractivity contribution in [2.24, 2.45) is 0 Å². The van der Waals surface area contributed by atoms with E-state index in [-0.39, 0.29) is 0 Å². The highest BCUT2D eigenvalue weighted by atomic mass is 79.9. The van der Waals surface area contributed by atoms with Gasteiger partial charge in [0, 0.05) is 16.6 Å². The Morgan fingerprint density at radius 2 is 1.76 bits per heavy atom. The number of carbonyl (C=O) groups is 1. The Bertz CT molecular complexity index is 1020. The van der Waals surface area contributed by atoms with Crippen molar-refractivity contribution in [2.75, 3.05) is 11.9 Å². The molecule has 0 fully saturated rings. The first-order valence-electron chi connectivity index (χ1n) is 9.19. The summed E-state index contributed by atoms with van der Waals surface area (Å²) in [4.78, 5) is 15.5. The number of benzene rings is 2. The summed E-state index contributed by atoms with van der Waals surface area (Å²) in [5.74, 6) is -2.01. The third-order valence-electron chi connectivity index (χ3n) is 4.31. The molecule has 0 spiro atoms. The first-order chi connectivity index (χ1) is 14.0. The van der Waals surface area contributed by atoms with Gasteiger partial charge in [0.25, 0.3) is 5.91 Å². The van der Waals surface area contributed by atoms with Crippen molar-refractivity contribution in [1.29, 1.82) is 0 Å². The Morgan fingerprint density at radius 3 is 2.41 bits per heavy atom. The number of rotatable bonds is 3. The van der Waals surface area contributed by atoms with Crippen LogP contribution in [0.2, 0.25) is 0 Å². The van der Waals surface area contributed by atoms with Crippen molar-refractivity contribution in [1.82, 2.24) is 4.98 Å². The van der Waals surface area contributed by atoms with Crippen LogP contribution >= 0.6 is 15.9 Å². The van der Waals surface area contributed by atoms with Crippen LogP contribution in [0.25, 0.3) is 11.1 Å². The Hall–Kier alpha value is -2.80. The molecule has 2 aromatic carbocycles. The predicted octanol–water partition coefficient (Wildman–Crippen LogP) is 6.00. The molecule has 1 aliphatic heterocycles. The summed E-state index contributed by atoms with van der Waals surface area (Å²) in [6.07, 6.45) is 2.49. The fraction of sp³-hybridized carbons (Fsp3) is 0.182. The normalized spacial score (nSPS) is 11.8. The molecule has 0 bridgehead atoms. The van der Waals surface area contributed by atoms with Gasteiger partial charge in [0.2, 0.25) is 0 Å². The van der Waals surface area contributed by atoms with Crippen LogP contribution in [0.15, 0.2) is 53.3 Å². The van der Waals surface area contributed by atoms with Crippen LogP contribution in [0.5, 0.6) is 5.75 Å². The standard InChI is InChI=1S/C20H13BrF2N2O2.C2H6/c21-15-7-12-5-6-27-18(12)8-14(15)11-1-3-13(4-2-11)25-20(26)19-16(22)9-24-10-17(19)23;1-2/h1-4,7-10H,5-6H2,(H,25,26);1-2H3. The minimum absolute atomic E-state index is 0.424. The number of halogens is 3. The molecule has 1 N–H and O–H groups in total. The van der Waals surface area contributed by atoms with E-state index in [1.807, 2.05) is 38.1 Å². The largest absolute Gasteiger partial charge is 0.493 e. The van der Waals surface area contributed by atoms with E-state index in [2.05, 4.69) is 26.2 Å². The number of aromatic nitrogens is 1.